The van der Waals surface area contributed by atoms with Crippen LogP contribution in [0.15, 0.2) is 22.7 Å². The van der Waals surface area contributed by atoms with E-state index in [0.717, 1.165) is 17.0 Å². The Kier molecular flexibility index (Phi) is 4.47. The van der Waals surface area contributed by atoms with Crippen molar-refractivity contribution in [2.45, 2.75) is 27.3 Å². The smallest absolute Gasteiger partial charge is 0.338 e. The molecule has 0 fully saturated rings. The van der Waals surface area contributed by atoms with Crippen molar-refractivity contribution >= 4 is 17.3 Å². The second-order valence-corrected chi connectivity index (χ2v) is 4.68. The van der Waals surface area contributed by atoms with Gasteiger partial charge in [0, 0.05) is 12.1 Å². The summed E-state index contributed by atoms with van der Waals surface area (Å²) in [6.07, 6.45) is 0. The molecular formula is C15H19N3O3. The average molecular weight is 289 g/mol. The molecule has 0 aliphatic heterocycles. The number of nitrogens with two attached hydrogens (primary N) is 1. The van der Waals surface area contributed by atoms with E-state index in [1.165, 1.54) is 0 Å². The number of esters is 1. The molecule has 1 heterocycles. The van der Waals surface area contributed by atoms with Gasteiger partial charge in [0.25, 0.3) is 0 Å². The van der Waals surface area contributed by atoms with Gasteiger partial charge in [0.2, 0.25) is 0 Å². The lowest BCUT2D eigenvalue weighted by atomic mass is 10.1. The van der Waals surface area contributed by atoms with Gasteiger partial charge in [-0.3, -0.25) is 0 Å². The van der Waals surface area contributed by atoms with E-state index in [0.29, 0.717) is 30.1 Å². The molecule has 0 radical (unpaired) electrons. The Morgan fingerprint density at radius 1 is 1.43 bits per heavy atom. The van der Waals surface area contributed by atoms with Crippen LogP contribution in [0.2, 0.25) is 0 Å². The molecule has 1 aromatic heterocycles. The van der Waals surface area contributed by atoms with E-state index >= 15 is 0 Å². The molecule has 0 aliphatic carbocycles. The van der Waals surface area contributed by atoms with Gasteiger partial charge in [-0.05, 0) is 39.0 Å². The Labute approximate surface area is 123 Å². The average Bonchev–Trinajstić information content (AvgIpc) is 2.77. The van der Waals surface area contributed by atoms with Crippen molar-refractivity contribution in [1.29, 1.82) is 0 Å². The van der Waals surface area contributed by atoms with Crippen LogP contribution in [0.25, 0.3) is 0 Å². The number of nitrogens with zero attached hydrogens (tertiary/aromatic N) is 1. The van der Waals surface area contributed by atoms with E-state index < -0.39 is 0 Å². The minimum absolute atomic E-state index is 0.338. The Morgan fingerprint density at radius 3 is 2.81 bits per heavy atom. The van der Waals surface area contributed by atoms with Crippen LogP contribution in [0, 0.1) is 13.8 Å². The van der Waals surface area contributed by atoms with Crippen molar-refractivity contribution in [2.24, 2.45) is 0 Å². The maximum absolute atomic E-state index is 11.7. The molecule has 2 rings (SSSR count). The predicted molar refractivity (Wildman–Crippen MR) is 80.1 cm³/mol. The van der Waals surface area contributed by atoms with Crippen LogP contribution in [0.4, 0.5) is 11.4 Å². The molecular weight excluding hydrogens is 270 g/mol. The van der Waals surface area contributed by atoms with Gasteiger partial charge in [0.15, 0.2) is 0 Å². The van der Waals surface area contributed by atoms with E-state index in [4.69, 9.17) is 15.0 Å². The van der Waals surface area contributed by atoms with Gasteiger partial charge in [-0.25, -0.2) is 4.79 Å². The number of nitrogen functional groups attached to an aromatic ring is 1. The third kappa shape index (κ3) is 3.34. The lowest BCUT2D eigenvalue weighted by Gasteiger charge is -2.11. The summed E-state index contributed by atoms with van der Waals surface area (Å²) in [5.74, 6) is 0.401. The molecule has 3 N–H and O–H groups in total. The van der Waals surface area contributed by atoms with Crippen molar-refractivity contribution < 1.29 is 14.1 Å². The van der Waals surface area contributed by atoms with Crippen LogP contribution in [0.1, 0.15) is 34.3 Å². The molecule has 112 valence electrons. The first-order chi connectivity index (χ1) is 10.0. The summed E-state index contributed by atoms with van der Waals surface area (Å²) in [5, 5.41) is 7.10. The fraction of sp³-hybridized carbons (Fsp3) is 0.333. The Hall–Kier alpha value is -2.50. The van der Waals surface area contributed by atoms with Crippen LogP contribution < -0.4 is 11.1 Å². The minimum Gasteiger partial charge on any atom is -0.462 e. The first-order valence-electron chi connectivity index (χ1n) is 6.75. The molecule has 0 bridgehead atoms. The van der Waals surface area contributed by atoms with Gasteiger partial charge in [0.05, 0.1) is 29.2 Å². The molecule has 6 heteroatoms. The third-order valence-electron chi connectivity index (χ3n) is 3.20. The molecule has 2 aromatic rings. The zero-order chi connectivity index (χ0) is 15.4. The minimum atomic E-state index is -0.363. The van der Waals surface area contributed by atoms with Crippen molar-refractivity contribution in [1.82, 2.24) is 5.16 Å². The molecule has 0 spiro atoms. The van der Waals surface area contributed by atoms with E-state index in [1.54, 1.807) is 25.1 Å². The molecule has 21 heavy (non-hydrogen) atoms. The highest BCUT2D eigenvalue weighted by Gasteiger charge is 2.12. The van der Waals surface area contributed by atoms with Gasteiger partial charge in [0.1, 0.15) is 5.76 Å². The summed E-state index contributed by atoms with van der Waals surface area (Å²) in [4.78, 5) is 11.7. The fourth-order valence-electron chi connectivity index (χ4n) is 1.99. The molecule has 6 nitrogen and oxygen atoms in total. The largest absolute Gasteiger partial charge is 0.462 e. The summed E-state index contributed by atoms with van der Waals surface area (Å²) in [5.41, 5.74) is 9.45. The topological polar surface area (TPSA) is 90.4 Å². The number of carbonyl (C=O) groups is 1. The molecule has 0 amide bonds. The number of aromatic nitrogens is 1. The number of hydrogen-bond acceptors (Lipinski definition) is 6. The first-order valence-corrected chi connectivity index (χ1v) is 6.75. The highest BCUT2D eigenvalue weighted by molar-refractivity contribution is 5.92. The third-order valence-corrected chi connectivity index (χ3v) is 3.20. The van der Waals surface area contributed by atoms with Crippen LogP contribution in [0.3, 0.4) is 0 Å². The lowest BCUT2D eigenvalue weighted by molar-refractivity contribution is 0.0526. The summed E-state index contributed by atoms with van der Waals surface area (Å²) < 4.78 is 10.1. The predicted octanol–water partition coefficient (Wildman–Crippen LogP) is 2.66. The zero-order valence-electron chi connectivity index (χ0n) is 12.4. The summed E-state index contributed by atoms with van der Waals surface area (Å²) in [7, 11) is 0. The zero-order valence-corrected chi connectivity index (χ0v) is 12.4. The van der Waals surface area contributed by atoms with Gasteiger partial charge >= 0.3 is 5.97 Å². The number of hydrogen-bond donors (Lipinski definition) is 2. The van der Waals surface area contributed by atoms with Crippen LogP contribution in [0.5, 0.6) is 0 Å². The molecule has 1 aromatic carbocycles. The molecule has 0 atom stereocenters. The number of ether oxygens (including phenoxy) is 1. The molecule has 0 saturated carbocycles. The van der Waals surface area contributed by atoms with Crippen LogP contribution in [-0.4, -0.2) is 17.7 Å². The number of nitrogens with one attached hydrogen (secondary N) is 1. The van der Waals surface area contributed by atoms with E-state index in [-0.39, 0.29) is 5.97 Å². The van der Waals surface area contributed by atoms with Gasteiger partial charge in [-0.15, -0.1) is 0 Å². The highest BCUT2D eigenvalue weighted by Crippen LogP contribution is 2.22. The van der Waals surface area contributed by atoms with E-state index in [9.17, 15) is 4.79 Å². The summed E-state index contributed by atoms with van der Waals surface area (Å²) in [6, 6.07) is 5.02. The van der Waals surface area contributed by atoms with E-state index in [2.05, 4.69) is 10.5 Å². The van der Waals surface area contributed by atoms with Crippen molar-refractivity contribution in [3.8, 4) is 0 Å². The molecule has 0 aliphatic rings. The second kappa shape index (κ2) is 6.30. The number of anilines is 2. The Morgan fingerprint density at radius 2 is 2.19 bits per heavy atom. The Balaban J connectivity index is 2.16. The van der Waals surface area contributed by atoms with Crippen molar-refractivity contribution in [3.63, 3.8) is 0 Å². The SMILES string of the molecule is CCOC(=O)c1ccc(N)c(NCc2c(C)noc2C)c1. The maximum atomic E-state index is 11.7. The van der Waals surface area contributed by atoms with Gasteiger partial charge < -0.3 is 20.3 Å². The molecule has 0 saturated heterocycles. The number of benzene rings is 1. The van der Waals surface area contributed by atoms with Crippen molar-refractivity contribution in [3.05, 3.63) is 40.8 Å². The lowest BCUT2D eigenvalue weighted by Crippen LogP contribution is -2.08. The Bertz CT molecular complexity index is 630. The second-order valence-electron chi connectivity index (χ2n) is 4.68. The summed E-state index contributed by atoms with van der Waals surface area (Å²) in [6.45, 7) is 6.37. The van der Waals surface area contributed by atoms with Crippen molar-refractivity contribution in [2.75, 3.05) is 17.7 Å². The quantitative estimate of drug-likeness (QED) is 0.649. The molecule has 0 unspecified atom stereocenters. The number of carbonyl (C=O) groups excluding carboxylic acids is 1. The van der Waals surface area contributed by atoms with Gasteiger partial charge in [-0.2, -0.15) is 0 Å². The number of rotatable bonds is 5. The van der Waals surface area contributed by atoms with Crippen LogP contribution >= 0.6 is 0 Å². The highest BCUT2D eigenvalue weighted by atomic mass is 16.5. The monoisotopic (exact) mass is 289 g/mol. The fourth-order valence-corrected chi connectivity index (χ4v) is 1.99. The van der Waals surface area contributed by atoms with E-state index in [1.807, 2.05) is 13.8 Å². The van der Waals surface area contributed by atoms with Gasteiger partial charge in [-0.1, -0.05) is 5.16 Å². The standard InChI is InChI=1S/C15H19N3O3/c1-4-20-15(19)11-5-6-13(16)14(7-11)17-8-12-9(2)18-21-10(12)3/h5-7,17H,4,8,16H2,1-3H3. The normalized spacial score (nSPS) is 10.4. The number of aryl methyl sites for hydroxylation is 2. The maximum Gasteiger partial charge on any atom is 0.338 e. The summed E-state index contributed by atoms with van der Waals surface area (Å²) >= 11 is 0. The van der Waals surface area contributed by atoms with Crippen LogP contribution in [-0.2, 0) is 11.3 Å². The first kappa shape index (κ1) is 14.9.